The molecule has 5 nitrogen and oxygen atoms in total. The van der Waals surface area contributed by atoms with E-state index in [0.717, 1.165) is 35.7 Å². The van der Waals surface area contributed by atoms with Gasteiger partial charge in [0.25, 0.3) is 0 Å². The first-order valence-corrected chi connectivity index (χ1v) is 7.96. The Kier molecular flexibility index (Phi) is 3.59. The summed E-state index contributed by atoms with van der Waals surface area (Å²) >= 11 is 0. The fourth-order valence-corrected chi connectivity index (χ4v) is 3.96. The fourth-order valence-electron chi connectivity index (χ4n) is 3.96. The number of nitrogens with one attached hydrogen (secondary N) is 1. The van der Waals surface area contributed by atoms with Gasteiger partial charge in [-0.05, 0) is 50.5 Å². The van der Waals surface area contributed by atoms with Crippen LogP contribution in [0.1, 0.15) is 55.3 Å². The average molecular weight is 287 g/mol. The molecule has 3 rings (SSSR count). The van der Waals surface area contributed by atoms with Gasteiger partial charge in [0.1, 0.15) is 5.84 Å². The molecule has 2 heterocycles. The number of piperidine rings is 1. The van der Waals surface area contributed by atoms with Gasteiger partial charge < -0.3 is 10.6 Å². The summed E-state index contributed by atoms with van der Waals surface area (Å²) in [6.07, 6.45) is 8.03. The summed E-state index contributed by atoms with van der Waals surface area (Å²) in [5.74, 6) is 0.903. The molecule has 0 aromatic carbocycles. The Morgan fingerprint density at radius 3 is 2.29 bits per heavy atom. The number of nitrogens with two attached hydrogens (primary N) is 1. The normalized spacial score (nSPS) is 21.0. The van der Waals surface area contributed by atoms with Gasteiger partial charge in [0, 0.05) is 13.1 Å². The van der Waals surface area contributed by atoms with Gasteiger partial charge in [0.15, 0.2) is 5.82 Å². The van der Waals surface area contributed by atoms with Crippen molar-refractivity contribution >= 4 is 11.7 Å². The Bertz CT molecular complexity index is 550. The second-order valence-corrected chi connectivity index (χ2v) is 6.72. The summed E-state index contributed by atoms with van der Waals surface area (Å²) in [5.41, 5.74) is 8.98. The van der Waals surface area contributed by atoms with E-state index in [1.54, 1.807) is 0 Å². The maximum absolute atomic E-state index is 7.88. The highest BCUT2D eigenvalue weighted by molar-refractivity contribution is 6.01. The summed E-state index contributed by atoms with van der Waals surface area (Å²) in [7, 11) is 0. The molecule has 2 aliphatic rings. The van der Waals surface area contributed by atoms with E-state index in [0.29, 0.717) is 5.41 Å². The lowest BCUT2D eigenvalue weighted by molar-refractivity contribution is 0.226. The lowest BCUT2D eigenvalue weighted by Gasteiger charge is -2.40. The van der Waals surface area contributed by atoms with E-state index < -0.39 is 0 Å². The second kappa shape index (κ2) is 5.28. The molecule has 114 valence electrons. The lowest BCUT2D eigenvalue weighted by Crippen LogP contribution is -2.40. The van der Waals surface area contributed by atoms with Gasteiger partial charge >= 0.3 is 0 Å². The topological polar surface area (TPSA) is 78.9 Å². The van der Waals surface area contributed by atoms with E-state index in [2.05, 4.69) is 15.1 Å². The third-order valence-corrected chi connectivity index (χ3v) is 5.49. The van der Waals surface area contributed by atoms with Crippen molar-refractivity contribution in [2.45, 2.75) is 52.4 Å². The number of hydrogen-bond acceptors (Lipinski definition) is 4. The molecule has 21 heavy (non-hydrogen) atoms. The predicted molar refractivity (Wildman–Crippen MR) is 84.9 cm³/mol. The Hall–Kier alpha value is -1.65. The van der Waals surface area contributed by atoms with E-state index in [-0.39, 0.29) is 5.84 Å². The van der Waals surface area contributed by atoms with Crippen LogP contribution in [-0.2, 0) is 0 Å². The monoisotopic (exact) mass is 287 g/mol. The van der Waals surface area contributed by atoms with Crippen molar-refractivity contribution in [3.63, 3.8) is 0 Å². The van der Waals surface area contributed by atoms with Crippen molar-refractivity contribution in [1.82, 2.24) is 10.2 Å². The first kappa shape index (κ1) is 14.3. The molecule has 1 spiro atoms. The van der Waals surface area contributed by atoms with Crippen LogP contribution >= 0.6 is 0 Å². The number of hydrogen-bond donors (Lipinski definition) is 2. The minimum atomic E-state index is 0.0988. The maximum atomic E-state index is 7.88. The third kappa shape index (κ3) is 2.49. The molecule has 1 aliphatic carbocycles. The van der Waals surface area contributed by atoms with Crippen molar-refractivity contribution in [3.05, 3.63) is 16.8 Å². The highest BCUT2D eigenvalue weighted by Crippen LogP contribution is 2.46. The van der Waals surface area contributed by atoms with Crippen molar-refractivity contribution in [2.75, 3.05) is 18.0 Å². The summed E-state index contributed by atoms with van der Waals surface area (Å²) in [5, 5.41) is 16.5. The molecule has 1 saturated carbocycles. The molecule has 0 radical (unpaired) electrons. The van der Waals surface area contributed by atoms with Gasteiger partial charge in [-0.2, -0.15) is 5.10 Å². The zero-order chi connectivity index (χ0) is 15.0. The number of anilines is 1. The van der Waals surface area contributed by atoms with Crippen LogP contribution in [0, 0.1) is 24.7 Å². The third-order valence-electron chi connectivity index (χ3n) is 5.49. The molecule has 1 saturated heterocycles. The standard InChI is InChI=1S/C16H25N5/c1-11-12(2)19-20-15(13(11)14(17)18)21-9-7-16(8-10-21)5-3-4-6-16/h3-10H2,1-2H3,(H3,17,18). The van der Waals surface area contributed by atoms with Crippen LogP contribution in [0.4, 0.5) is 5.82 Å². The fraction of sp³-hybridized carbons (Fsp3) is 0.688. The van der Waals surface area contributed by atoms with Crippen molar-refractivity contribution in [3.8, 4) is 0 Å². The van der Waals surface area contributed by atoms with Crippen LogP contribution in [0.3, 0.4) is 0 Å². The Labute approximate surface area is 126 Å². The molecule has 0 atom stereocenters. The Morgan fingerprint density at radius 1 is 1.10 bits per heavy atom. The van der Waals surface area contributed by atoms with E-state index in [4.69, 9.17) is 11.1 Å². The molecule has 5 heteroatoms. The molecular weight excluding hydrogens is 262 g/mol. The van der Waals surface area contributed by atoms with Crippen molar-refractivity contribution in [2.24, 2.45) is 11.1 Å². The molecule has 0 bridgehead atoms. The highest BCUT2D eigenvalue weighted by Gasteiger charge is 2.37. The molecule has 1 aromatic heterocycles. The largest absolute Gasteiger partial charge is 0.384 e. The molecule has 0 unspecified atom stereocenters. The summed E-state index contributed by atoms with van der Waals surface area (Å²) in [6, 6.07) is 0. The van der Waals surface area contributed by atoms with Crippen molar-refractivity contribution < 1.29 is 0 Å². The summed E-state index contributed by atoms with van der Waals surface area (Å²) in [6.45, 7) is 5.92. The molecule has 1 aliphatic heterocycles. The second-order valence-electron chi connectivity index (χ2n) is 6.72. The highest BCUT2D eigenvalue weighted by atomic mass is 15.3. The maximum Gasteiger partial charge on any atom is 0.162 e. The van der Waals surface area contributed by atoms with Gasteiger partial charge in [-0.1, -0.05) is 12.8 Å². The Morgan fingerprint density at radius 2 is 1.71 bits per heavy atom. The predicted octanol–water partition coefficient (Wildman–Crippen LogP) is 2.54. The number of aromatic nitrogens is 2. The molecule has 3 N–H and O–H groups in total. The Balaban J connectivity index is 1.85. The van der Waals surface area contributed by atoms with E-state index in [1.165, 1.54) is 38.5 Å². The zero-order valence-electron chi connectivity index (χ0n) is 13.1. The summed E-state index contributed by atoms with van der Waals surface area (Å²) < 4.78 is 0. The van der Waals surface area contributed by atoms with Crippen LogP contribution in [0.25, 0.3) is 0 Å². The molecular formula is C16H25N5. The zero-order valence-corrected chi connectivity index (χ0v) is 13.1. The molecule has 1 aromatic rings. The minimum absolute atomic E-state index is 0.0988. The minimum Gasteiger partial charge on any atom is -0.384 e. The number of nitrogens with zero attached hydrogens (tertiary/aromatic N) is 3. The first-order chi connectivity index (χ1) is 10.0. The number of nitrogen functional groups attached to an aromatic ring is 1. The van der Waals surface area contributed by atoms with Crippen LogP contribution in [0.5, 0.6) is 0 Å². The van der Waals surface area contributed by atoms with E-state index >= 15 is 0 Å². The SMILES string of the molecule is Cc1nnc(N2CCC3(CCCC3)CC2)c(C(=N)N)c1C. The summed E-state index contributed by atoms with van der Waals surface area (Å²) in [4.78, 5) is 2.28. The number of rotatable bonds is 2. The number of aryl methyl sites for hydroxylation is 1. The lowest BCUT2D eigenvalue weighted by atomic mass is 9.77. The quantitative estimate of drug-likeness (QED) is 0.647. The molecule has 0 amide bonds. The smallest absolute Gasteiger partial charge is 0.162 e. The average Bonchev–Trinajstić information content (AvgIpc) is 2.91. The van der Waals surface area contributed by atoms with Gasteiger partial charge in [-0.3, -0.25) is 5.41 Å². The van der Waals surface area contributed by atoms with Gasteiger partial charge in [0.05, 0.1) is 11.3 Å². The van der Waals surface area contributed by atoms with E-state index in [9.17, 15) is 0 Å². The van der Waals surface area contributed by atoms with Gasteiger partial charge in [-0.15, -0.1) is 5.10 Å². The number of amidine groups is 1. The van der Waals surface area contributed by atoms with Gasteiger partial charge in [0.2, 0.25) is 0 Å². The van der Waals surface area contributed by atoms with Crippen molar-refractivity contribution in [1.29, 1.82) is 5.41 Å². The van der Waals surface area contributed by atoms with Crippen LogP contribution in [0.15, 0.2) is 0 Å². The first-order valence-electron chi connectivity index (χ1n) is 7.96. The van der Waals surface area contributed by atoms with Gasteiger partial charge in [-0.25, -0.2) is 0 Å². The van der Waals surface area contributed by atoms with E-state index in [1.807, 2.05) is 13.8 Å². The van der Waals surface area contributed by atoms with Crippen LogP contribution < -0.4 is 10.6 Å². The van der Waals surface area contributed by atoms with Crippen LogP contribution in [0.2, 0.25) is 0 Å². The molecule has 2 fully saturated rings. The van der Waals surface area contributed by atoms with Crippen LogP contribution in [-0.4, -0.2) is 29.1 Å².